The first-order chi connectivity index (χ1) is 8.47. The first-order valence-corrected chi connectivity index (χ1v) is 7.93. The molecular formula is C13H17NO3S. The lowest BCUT2D eigenvalue weighted by molar-refractivity contribution is 0.577. The van der Waals surface area contributed by atoms with Gasteiger partial charge in [0.1, 0.15) is 15.4 Å². The van der Waals surface area contributed by atoms with Crippen molar-refractivity contribution in [1.82, 2.24) is 0 Å². The molecule has 1 heterocycles. The van der Waals surface area contributed by atoms with Crippen molar-refractivity contribution in [1.29, 1.82) is 0 Å². The number of rotatable bonds is 5. The maximum absolute atomic E-state index is 11.1. The Labute approximate surface area is 107 Å². The van der Waals surface area contributed by atoms with Gasteiger partial charge in [-0.2, -0.15) is 0 Å². The van der Waals surface area contributed by atoms with Gasteiger partial charge >= 0.3 is 0 Å². The molecule has 0 saturated heterocycles. The molecule has 1 unspecified atom stereocenters. The second kappa shape index (κ2) is 5.12. The zero-order chi connectivity index (χ0) is 13.2. The lowest BCUT2D eigenvalue weighted by Crippen LogP contribution is -2.12. The predicted molar refractivity (Wildman–Crippen MR) is 72.1 cm³/mol. The van der Waals surface area contributed by atoms with Crippen molar-refractivity contribution in [3.63, 3.8) is 0 Å². The lowest BCUT2D eigenvalue weighted by atomic mass is 10.0. The van der Waals surface area contributed by atoms with Crippen molar-refractivity contribution < 1.29 is 12.8 Å². The Bertz CT molecular complexity index is 630. The first-order valence-electron chi connectivity index (χ1n) is 5.87. The molecular weight excluding hydrogens is 250 g/mol. The molecule has 2 N–H and O–H groups in total. The van der Waals surface area contributed by atoms with E-state index in [4.69, 9.17) is 10.2 Å². The summed E-state index contributed by atoms with van der Waals surface area (Å²) in [5.41, 5.74) is 7.83. The topological polar surface area (TPSA) is 73.3 Å². The molecule has 0 bridgehead atoms. The monoisotopic (exact) mass is 267 g/mol. The Morgan fingerprint density at radius 3 is 2.78 bits per heavy atom. The zero-order valence-corrected chi connectivity index (χ0v) is 11.1. The standard InChI is InChI=1S/C13H17NO3S/c1-18(15,16)8-4-6-12(14)11-9-17-13-7-3-2-5-10(11)13/h2-3,5,7,9,12H,4,6,8,14H2,1H3. The van der Waals surface area contributed by atoms with Crippen LogP contribution in [0.3, 0.4) is 0 Å². The number of fused-ring (bicyclic) bond motifs is 1. The highest BCUT2D eigenvalue weighted by atomic mass is 32.2. The molecule has 0 saturated carbocycles. The van der Waals surface area contributed by atoms with Gasteiger partial charge in [-0.15, -0.1) is 0 Å². The second-order valence-corrected chi connectivity index (χ2v) is 6.83. The number of hydrogen-bond donors (Lipinski definition) is 1. The van der Waals surface area contributed by atoms with E-state index in [0.29, 0.717) is 12.8 Å². The molecule has 4 nitrogen and oxygen atoms in total. The van der Waals surface area contributed by atoms with Gasteiger partial charge in [0.05, 0.1) is 6.26 Å². The van der Waals surface area contributed by atoms with Gasteiger partial charge in [-0.1, -0.05) is 18.2 Å². The molecule has 2 aromatic rings. The van der Waals surface area contributed by atoms with E-state index in [1.807, 2.05) is 24.3 Å². The van der Waals surface area contributed by atoms with Crippen LogP contribution in [0.25, 0.3) is 11.0 Å². The molecule has 0 aliphatic rings. The van der Waals surface area contributed by atoms with Crippen LogP contribution in [0.2, 0.25) is 0 Å². The third-order valence-electron chi connectivity index (χ3n) is 2.94. The maximum Gasteiger partial charge on any atom is 0.147 e. The van der Waals surface area contributed by atoms with Crippen molar-refractivity contribution in [3.8, 4) is 0 Å². The van der Waals surface area contributed by atoms with Gasteiger partial charge in [0, 0.05) is 29.0 Å². The fourth-order valence-corrected chi connectivity index (χ4v) is 2.70. The molecule has 18 heavy (non-hydrogen) atoms. The Balaban J connectivity index is 2.07. The number of furan rings is 1. The highest BCUT2D eigenvalue weighted by Crippen LogP contribution is 2.27. The SMILES string of the molecule is CS(=O)(=O)CCCC(N)c1coc2ccccc12. The van der Waals surface area contributed by atoms with E-state index < -0.39 is 9.84 Å². The summed E-state index contributed by atoms with van der Waals surface area (Å²) in [6.45, 7) is 0. The quantitative estimate of drug-likeness (QED) is 0.901. The Morgan fingerprint density at radius 1 is 1.33 bits per heavy atom. The summed E-state index contributed by atoms with van der Waals surface area (Å²) in [5.74, 6) is 0.177. The van der Waals surface area contributed by atoms with Crippen LogP contribution in [0.5, 0.6) is 0 Å². The molecule has 1 atom stereocenters. The van der Waals surface area contributed by atoms with Gasteiger partial charge in [0.15, 0.2) is 0 Å². The normalized spacial score (nSPS) is 13.9. The Kier molecular flexibility index (Phi) is 3.73. The maximum atomic E-state index is 11.1. The van der Waals surface area contributed by atoms with Crippen LogP contribution in [-0.2, 0) is 9.84 Å². The van der Waals surface area contributed by atoms with Crippen molar-refractivity contribution in [2.75, 3.05) is 12.0 Å². The highest BCUT2D eigenvalue weighted by Gasteiger charge is 2.13. The average molecular weight is 267 g/mol. The number of benzene rings is 1. The Morgan fingerprint density at radius 2 is 2.06 bits per heavy atom. The fraction of sp³-hybridized carbons (Fsp3) is 0.385. The van der Waals surface area contributed by atoms with Crippen molar-refractivity contribution in [3.05, 3.63) is 36.1 Å². The fourth-order valence-electron chi connectivity index (χ4n) is 2.01. The molecule has 0 fully saturated rings. The van der Waals surface area contributed by atoms with E-state index in [9.17, 15) is 8.42 Å². The van der Waals surface area contributed by atoms with Gasteiger partial charge < -0.3 is 10.2 Å². The number of hydrogen-bond acceptors (Lipinski definition) is 4. The minimum atomic E-state index is -2.91. The van der Waals surface area contributed by atoms with E-state index in [0.717, 1.165) is 16.5 Å². The second-order valence-electron chi connectivity index (χ2n) is 4.57. The summed E-state index contributed by atoms with van der Waals surface area (Å²) in [6.07, 6.45) is 4.11. The van der Waals surface area contributed by atoms with E-state index >= 15 is 0 Å². The molecule has 0 radical (unpaired) electrons. The number of nitrogens with two attached hydrogens (primary N) is 1. The summed E-state index contributed by atoms with van der Waals surface area (Å²) < 4.78 is 27.5. The minimum absolute atomic E-state index is 0.177. The van der Waals surface area contributed by atoms with Crippen LogP contribution in [0.4, 0.5) is 0 Å². The number of para-hydroxylation sites is 1. The molecule has 2 rings (SSSR count). The molecule has 0 amide bonds. The van der Waals surface area contributed by atoms with Gasteiger partial charge in [0.2, 0.25) is 0 Å². The molecule has 0 aliphatic heterocycles. The highest BCUT2D eigenvalue weighted by molar-refractivity contribution is 7.90. The van der Waals surface area contributed by atoms with Gasteiger partial charge in [0.25, 0.3) is 0 Å². The van der Waals surface area contributed by atoms with Gasteiger partial charge in [-0.25, -0.2) is 8.42 Å². The van der Waals surface area contributed by atoms with E-state index in [1.165, 1.54) is 6.26 Å². The number of sulfone groups is 1. The van der Waals surface area contributed by atoms with Crippen LogP contribution in [-0.4, -0.2) is 20.4 Å². The third kappa shape index (κ3) is 3.11. The molecule has 98 valence electrons. The van der Waals surface area contributed by atoms with E-state index in [-0.39, 0.29) is 11.8 Å². The van der Waals surface area contributed by atoms with Crippen LogP contribution in [0, 0.1) is 0 Å². The van der Waals surface area contributed by atoms with Crippen molar-refractivity contribution in [2.24, 2.45) is 5.73 Å². The van der Waals surface area contributed by atoms with Gasteiger partial charge in [-0.3, -0.25) is 0 Å². The van der Waals surface area contributed by atoms with Crippen LogP contribution in [0.1, 0.15) is 24.4 Å². The van der Waals surface area contributed by atoms with Crippen molar-refractivity contribution in [2.45, 2.75) is 18.9 Å². The first kappa shape index (κ1) is 13.1. The predicted octanol–water partition coefficient (Wildman–Crippen LogP) is 2.26. The lowest BCUT2D eigenvalue weighted by Gasteiger charge is -2.09. The average Bonchev–Trinajstić information content (AvgIpc) is 2.70. The summed E-state index contributed by atoms with van der Waals surface area (Å²) >= 11 is 0. The van der Waals surface area contributed by atoms with E-state index in [1.54, 1.807) is 6.26 Å². The molecule has 0 aliphatic carbocycles. The summed E-state index contributed by atoms with van der Waals surface area (Å²) in [4.78, 5) is 0. The van der Waals surface area contributed by atoms with Crippen LogP contribution >= 0.6 is 0 Å². The summed E-state index contributed by atoms with van der Waals surface area (Å²) in [7, 11) is -2.91. The minimum Gasteiger partial charge on any atom is -0.464 e. The largest absolute Gasteiger partial charge is 0.464 e. The molecule has 0 spiro atoms. The summed E-state index contributed by atoms with van der Waals surface area (Å²) in [5, 5.41) is 1.00. The third-order valence-corrected chi connectivity index (χ3v) is 3.97. The molecule has 1 aromatic heterocycles. The Hall–Kier alpha value is -1.33. The van der Waals surface area contributed by atoms with Crippen molar-refractivity contribution >= 4 is 20.8 Å². The van der Waals surface area contributed by atoms with Crippen LogP contribution in [0.15, 0.2) is 34.9 Å². The van der Waals surface area contributed by atoms with E-state index in [2.05, 4.69) is 0 Å². The molecule has 1 aromatic carbocycles. The van der Waals surface area contributed by atoms with Crippen LogP contribution < -0.4 is 5.73 Å². The summed E-state index contributed by atoms with van der Waals surface area (Å²) in [6, 6.07) is 7.51. The molecule has 5 heteroatoms. The van der Waals surface area contributed by atoms with Gasteiger partial charge in [-0.05, 0) is 18.9 Å². The smallest absolute Gasteiger partial charge is 0.147 e. The zero-order valence-electron chi connectivity index (χ0n) is 10.3.